The number of benzene rings is 1. The van der Waals surface area contributed by atoms with Crippen LogP contribution in [0.15, 0.2) is 35.3 Å². The highest BCUT2D eigenvalue weighted by atomic mass is 35.5. The number of fused-ring (bicyclic) bond motifs is 3. The second-order valence-corrected chi connectivity index (χ2v) is 6.71. The standard InChI is InChI=1S/C18H18ClN7O2/c1-20-17(27)10-8-21-14(19)7-12(10)22-11-5-4-6-13-16(11)24(2)9-15-23-25(3)18(28)26(13)15/h4-8H,9H2,1-3H3,(H,20,27)(H,21,22)/i1D3. The summed E-state index contributed by atoms with van der Waals surface area (Å²) in [6.07, 6.45) is 1.20. The van der Waals surface area contributed by atoms with Gasteiger partial charge in [-0.05, 0) is 18.2 Å². The van der Waals surface area contributed by atoms with Crippen LogP contribution in [0.2, 0.25) is 5.15 Å². The molecule has 0 atom stereocenters. The van der Waals surface area contributed by atoms with Crippen LogP contribution >= 0.6 is 11.6 Å². The van der Waals surface area contributed by atoms with E-state index in [-0.39, 0.29) is 22.1 Å². The van der Waals surface area contributed by atoms with E-state index in [1.54, 1.807) is 25.2 Å². The highest BCUT2D eigenvalue weighted by molar-refractivity contribution is 6.29. The fraction of sp³-hybridized carbons (Fsp3) is 0.222. The predicted octanol–water partition coefficient (Wildman–Crippen LogP) is 1.67. The van der Waals surface area contributed by atoms with E-state index in [9.17, 15) is 9.59 Å². The summed E-state index contributed by atoms with van der Waals surface area (Å²) >= 11 is 6.02. The second kappa shape index (κ2) is 6.68. The Morgan fingerprint density at radius 1 is 1.32 bits per heavy atom. The van der Waals surface area contributed by atoms with E-state index in [1.807, 2.05) is 17.3 Å². The van der Waals surface area contributed by atoms with Crippen LogP contribution in [0.4, 0.5) is 17.1 Å². The number of halogens is 1. The third-order valence-corrected chi connectivity index (χ3v) is 4.71. The van der Waals surface area contributed by atoms with E-state index in [1.165, 1.54) is 21.5 Å². The SMILES string of the molecule is [2H]C([2H])([2H])NC(=O)c1cnc(Cl)cc1Nc1cccc2c1N(C)Cc1nn(C)c(=O)n1-2. The number of carbonyl (C=O) groups excluding carboxylic acids is 1. The van der Waals surface area contributed by atoms with E-state index < -0.39 is 12.9 Å². The summed E-state index contributed by atoms with van der Waals surface area (Å²) in [6, 6.07) is 6.76. The topological polar surface area (TPSA) is 97.1 Å². The Hall–Kier alpha value is -3.33. The van der Waals surface area contributed by atoms with Gasteiger partial charge in [0, 0.05) is 31.4 Å². The monoisotopic (exact) mass is 402 g/mol. The minimum Gasteiger partial charge on any atom is -0.364 e. The number of hydrogen-bond acceptors (Lipinski definition) is 6. The Morgan fingerprint density at radius 3 is 2.93 bits per heavy atom. The molecule has 4 rings (SSSR count). The Morgan fingerprint density at radius 2 is 2.14 bits per heavy atom. The number of para-hydroxylation sites is 1. The largest absolute Gasteiger partial charge is 0.364 e. The first-order chi connectivity index (χ1) is 14.5. The number of carbonyl (C=O) groups is 1. The van der Waals surface area contributed by atoms with Gasteiger partial charge in [-0.3, -0.25) is 4.79 Å². The van der Waals surface area contributed by atoms with E-state index in [0.717, 1.165) is 0 Å². The molecule has 0 radical (unpaired) electrons. The normalized spacial score (nSPS) is 14.4. The van der Waals surface area contributed by atoms with Crippen molar-refractivity contribution in [1.29, 1.82) is 0 Å². The Balaban J connectivity index is 1.80. The van der Waals surface area contributed by atoms with Crippen LogP contribution in [0.3, 0.4) is 0 Å². The summed E-state index contributed by atoms with van der Waals surface area (Å²) in [4.78, 5) is 30.9. The maximum atomic E-state index is 12.6. The molecule has 0 aliphatic carbocycles. The van der Waals surface area contributed by atoms with E-state index in [0.29, 0.717) is 29.4 Å². The molecule has 144 valence electrons. The van der Waals surface area contributed by atoms with Crippen molar-refractivity contribution in [3.8, 4) is 5.69 Å². The predicted molar refractivity (Wildman–Crippen MR) is 107 cm³/mol. The summed E-state index contributed by atoms with van der Waals surface area (Å²) in [5.41, 5.74) is 1.93. The van der Waals surface area contributed by atoms with Gasteiger partial charge < -0.3 is 15.5 Å². The van der Waals surface area contributed by atoms with Gasteiger partial charge in [-0.1, -0.05) is 17.7 Å². The number of aromatic nitrogens is 4. The molecular formula is C18H18ClN7O2. The fourth-order valence-corrected chi connectivity index (χ4v) is 3.45. The molecule has 0 saturated heterocycles. The first-order valence-electron chi connectivity index (χ1n) is 9.79. The van der Waals surface area contributed by atoms with Crippen molar-refractivity contribution < 1.29 is 8.91 Å². The lowest BCUT2D eigenvalue weighted by Crippen LogP contribution is -2.31. The number of nitrogens with one attached hydrogen (secondary N) is 2. The molecule has 0 bridgehead atoms. The van der Waals surface area contributed by atoms with Gasteiger partial charge in [0.15, 0.2) is 5.82 Å². The van der Waals surface area contributed by atoms with Gasteiger partial charge in [-0.2, -0.15) is 5.10 Å². The average molecular weight is 403 g/mol. The minimum atomic E-state index is -2.65. The Labute approximate surface area is 169 Å². The maximum Gasteiger partial charge on any atom is 0.350 e. The summed E-state index contributed by atoms with van der Waals surface area (Å²) < 4.78 is 24.6. The first-order valence-corrected chi connectivity index (χ1v) is 8.67. The van der Waals surface area contributed by atoms with Crippen LogP contribution in [0.1, 0.15) is 20.3 Å². The van der Waals surface area contributed by atoms with Crippen LogP contribution in [0.5, 0.6) is 0 Å². The van der Waals surface area contributed by atoms with E-state index in [4.69, 9.17) is 15.7 Å². The van der Waals surface area contributed by atoms with Crippen molar-refractivity contribution in [3.05, 3.63) is 57.5 Å². The van der Waals surface area contributed by atoms with Crippen LogP contribution in [0.25, 0.3) is 5.69 Å². The molecule has 2 aromatic heterocycles. The van der Waals surface area contributed by atoms with Crippen molar-refractivity contribution in [1.82, 2.24) is 24.6 Å². The summed E-state index contributed by atoms with van der Waals surface area (Å²) in [6.45, 7) is -2.26. The van der Waals surface area contributed by atoms with Gasteiger partial charge in [-0.25, -0.2) is 19.0 Å². The fourth-order valence-electron chi connectivity index (χ4n) is 3.29. The van der Waals surface area contributed by atoms with Crippen molar-refractivity contribution in [2.75, 3.05) is 24.2 Å². The number of anilines is 3. The molecule has 0 saturated carbocycles. The number of hydrogen-bond donors (Lipinski definition) is 2. The number of aryl methyl sites for hydroxylation is 1. The smallest absolute Gasteiger partial charge is 0.350 e. The summed E-state index contributed by atoms with van der Waals surface area (Å²) in [5.74, 6) is -0.222. The molecule has 0 unspecified atom stereocenters. The molecular weight excluding hydrogens is 382 g/mol. The highest BCUT2D eigenvalue weighted by Crippen LogP contribution is 2.38. The zero-order valence-electron chi connectivity index (χ0n) is 18.0. The zero-order chi connectivity index (χ0) is 22.5. The Kier molecular flexibility index (Phi) is 3.51. The third-order valence-electron chi connectivity index (χ3n) is 4.51. The van der Waals surface area contributed by atoms with Crippen molar-refractivity contribution in [3.63, 3.8) is 0 Å². The molecule has 1 aromatic carbocycles. The number of pyridine rings is 1. The van der Waals surface area contributed by atoms with E-state index in [2.05, 4.69) is 15.4 Å². The molecule has 10 heteroatoms. The number of rotatable bonds is 3. The lowest BCUT2D eigenvalue weighted by molar-refractivity contribution is 0.0963. The molecule has 28 heavy (non-hydrogen) atoms. The van der Waals surface area contributed by atoms with Gasteiger partial charge in [-0.15, -0.1) is 0 Å². The van der Waals surface area contributed by atoms with Crippen molar-refractivity contribution >= 4 is 34.6 Å². The maximum absolute atomic E-state index is 12.6. The highest BCUT2D eigenvalue weighted by Gasteiger charge is 2.26. The zero-order valence-corrected chi connectivity index (χ0v) is 15.8. The van der Waals surface area contributed by atoms with Gasteiger partial charge >= 0.3 is 5.69 Å². The van der Waals surface area contributed by atoms with Gasteiger partial charge in [0.25, 0.3) is 5.91 Å². The second-order valence-electron chi connectivity index (χ2n) is 6.32. The lowest BCUT2D eigenvalue weighted by atomic mass is 10.1. The summed E-state index contributed by atoms with van der Waals surface area (Å²) in [5, 5.41) is 9.48. The van der Waals surface area contributed by atoms with E-state index >= 15 is 0 Å². The van der Waals surface area contributed by atoms with Crippen LogP contribution in [0, 0.1) is 0 Å². The third kappa shape index (κ3) is 2.80. The van der Waals surface area contributed by atoms with Crippen LogP contribution in [-0.2, 0) is 13.6 Å². The van der Waals surface area contributed by atoms with Crippen molar-refractivity contribution in [2.45, 2.75) is 6.54 Å². The van der Waals surface area contributed by atoms with Gasteiger partial charge in [0.05, 0.1) is 34.9 Å². The Bertz CT molecular complexity index is 1250. The first kappa shape index (κ1) is 14.7. The molecule has 1 aliphatic heterocycles. The average Bonchev–Trinajstić information content (AvgIpc) is 2.94. The molecule has 0 fully saturated rings. The lowest BCUT2D eigenvalue weighted by Gasteiger charge is -2.30. The minimum absolute atomic E-state index is 0.0100. The van der Waals surface area contributed by atoms with Crippen LogP contribution < -0.4 is 21.2 Å². The van der Waals surface area contributed by atoms with Crippen LogP contribution in [-0.4, -0.2) is 39.3 Å². The number of nitrogens with zero attached hydrogens (tertiary/aromatic N) is 5. The summed E-state index contributed by atoms with van der Waals surface area (Å²) in [7, 11) is 3.44. The molecule has 9 nitrogen and oxygen atoms in total. The van der Waals surface area contributed by atoms with Crippen molar-refractivity contribution in [2.24, 2.45) is 7.05 Å². The van der Waals surface area contributed by atoms with Gasteiger partial charge in [0.2, 0.25) is 0 Å². The quantitative estimate of drug-likeness (QED) is 0.647. The molecule has 1 aliphatic rings. The number of amides is 1. The van der Waals surface area contributed by atoms with Gasteiger partial charge in [0.1, 0.15) is 5.15 Å². The molecule has 3 aromatic rings. The molecule has 2 N–H and O–H groups in total. The molecule has 3 heterocycles. The molecule has 1 amide bonds. The molecule has 0 spiro atoms.